The van der Waals surface area contributed by atoms with Crippen molar-refractivity contribution in [2.45, 2.75) is 25.3 Å². The van der Waals surface area contributed by atoms with E-state index in [2.05, 4.69) is 5.32 Å². The Kier molecular flexibility index (Phi) is 3.76. The number of anilines is 1. The first-order valence-corrected chi connectivity index (χ1v) is 6.02. The Morgan fingerprint density at radius 1 is 1.50 bits per heavy atom. The fourth-order valence-electron chi connectivity index (χ4n) is 2.44. The predicted octanol–water partition coefficient (Wildman–Crippen LogP) is 2.27. The Labute approximate surface area is 104 Å². The second-order valence-corrected chi connectivity index (χ2v) is 4.60. The van der Waals surface area contributed by atoms with Crippen LogP contribution in [-0.2, 0) is 0 Å². The maximum Gasteiger partial charge on any atom is 0.272 e. The van der Waals surface area contributed by atoms with Crippen molar-refractivity contribution in [3.8, 4) is 0 Å². The summed E-state index contributed by atoms with van der Waals surface area (Å²) in [5.41, 5.74) is 5.73. The third-order valence-corrected chi connectivity index (χ3v) is 3.47. The van der Waals surface area contributed by atoms with Gasteiger partial charge in [-0.2, -0.15) is 0 Å². The van der Waals surface area contributed by atoms with Crippen LogP contribution < -0.4 is 11.1 Å². The summed E-state index contributed by atoms with van der Waals surface area (Å²) in [6.45, 7) is 0.576. The van der Waals surface area contributed by atoms with Gasteiger partial charge in [0.25, 0.3) is 5.69 Å². The summed E-state index contributed by atoms with van der Waals surface area (Å²) in [5.74, 6) is -0.244. The topological polar surface area (TPSA) is 81.2 Å². The second kappa shape index (κ2) is 5.30. The van der Waals surface area contributed by atoms with E-state index in [1.165, 1.54) is 12.1 Å². The molecular weight excluding hydrogens is 237 g/mol. The van der Waals surface area contributed by atoms with Crippen molar-refractivity contribution in [1.29, 1.82) is 0 Å². The lowest BCUT2D eigenvalue weighted by Gasteiger charge is -2.20. The number of nitrogens with two attached hydrogens (primary N) is 1. The normalized spacial score (nSPS) is 23.0. The summed E-state index contributed by atoms with van der Waals surface area (Å²) in [4.78, 5) is 9.90. The van der Waals surface area contributed by atoms with Crippen molar-refractivity contribution in [2.75, 3.05) is 11.9 Å². The fourth-order valence-corrected chi connectivity index (χ4v) is 2.44. The summed E-state index contributed by atoms with van der Waals surface area (Å²) < 4.78 is 13.7. The molecule has 0 aromatic heterocycles. The van der Waals surface area contributed by atoms with E-state index in [1.54, 1.807) is 0 Å². The van der Waals surface area contributed by atoms with Crippen LogP contribution in [0.2, 0.25) is 0 Å². The van der Waals surface area contributed by atoms with Crippen LogP contribution in [0.1, 0.15) is 19.3 Å². The molecule has 1 aliphatic carbocycles. The Morgan fingerprint density at radius 3 is 2.89 bits per heavy atom. The lowest BCUT2D eigenvalue weighted by Crippen LogP contribution is -2.29. The van der Waals surface area contributed by atoms with Crippen LogP contribution in [-0.4, -0.2) is 17.5 Å². The maximum absolute atomic E-state index is 13.7. The SMILES string of the molecule is NCC1CCCC1Nc1ccc([N+](=O)[O-])cc1F. The molecule has 18 heavy (non-hydrogen) atoms. The van der Waals surface area contributed by atoms with Gasteiger partial charge in [0, 0.05) is 12.1 Å². The van der Waals surface area contributed by atoms with Gasteiger partial charge in [0.2, 0.25) is 0 Å². The van der Waals surface area contributed by atoms with E-state index >= 15 is 0 Å². The molecule has 0 heterocycles. The molecule has 0 saturated heterocycles. The summed E-state index contributed by atoms with van der Waals surface area (Å²) in [6.07, 6.45) is 3.08. The molecular formula is C12H16FN3O2. The first-order chi connectivity index (χ1) is 8.61. The highest BCUT2D eigenvalue weighted by atomic mass is 19.1. The molecule has 1 fully saturated rings. The molecule has 2 rings (SSSR count). The number of benzene rings is 1. The Morgan fingerprint density at radius 2 is 2.28 bits per heavy atom. The summed E-state index contributed by atoms with van der Waals surface area (Å²) in [6, 6.07) is 3.82. The number of hydrogen-bond donors (Lipinski definition) is 2. The zero-order chi connectivity index (χ0) is 13.1. The van der Waals surface area contributed by atoms with Crippen LogP contribution in [0.3, 0.4) is 0 Å². The van der Waals surface area contributed by atoms with Gasteiger partial charge in [-0.15, -0.1) is 0 Å². The minimum absolute atomic E-state index is 0.158. The van der Waals surface area contributed by atoms with Gasteiger partial charge in [0.15, 0.2) is 5.82 Å². The molecule has 2 atom stereocenters. The van der Waals surface area contributed by atoms with Gasteiger partial charge in [0.05, 0.1) is 16.7 Å². The van der Waals surface area contributed by atoms with E-state index in [0.717, 1.165) is 25.3 Å². The van der Waals surface area contributed by atoms with Crippen LogP contribution in [0.25, 0.3) is 0 Å². The van der Waals surface area contributed by atoms with Gasteiger partial charge in [-0.05, 0) is 31.4 Å². The van der Waals surface area contributed by atoms with E-state index < -0.39 is 10.7 Å². The average Bonchev–Trinajstić information content (AvgIpc) is 2.78. The van der Waals surface area contributed by atoms with E-state index in [4.69, 9.17) is 5.73 Å². The minimum atomic E-state index is -0.606. The molecule has 1 aromatic rings. The Hall–Kier alpha value is -1.69. The molecule has 0 amide bonds. The number of non-ortho nitro benzene ring substituents is 1. The van der Waals surface area contributed by atoms with E-state index in [9.17, 15) is 14.5 Å². The van der Waals surface area contributed by atoms with Gasteiger partial charge in [0.1, 0.15) is 0 Å². The highest BCUT2D eigenvalue weighted by molar-refractivity contribution is 5.50. The summed E-state index contributed by atoms with van der Waals surface area (Å²) in [7, 11) is 0. The quantitative estimate of drug-likeness (QED) is 0.637. The number of nitro benzene ring substituents is 1. The van der Waals surface area contributed by atoms with Gasteiger partial charge in [-0.25, -0.2) is 4.39 Å². The van der Waals surface area contributed by atoms with Crippen molar-refractivity contribution in [3.63, 3.8) is 0 Å². The predicted molar refractivity (Wildman–Crippen MR) is 66.9 cm³/mol. The van der Waals surface area contributed by atoms with Crippen molar-refractivity contribution in [2.24, 2.45) is 11.7 Å². The maximum atomic E-state index is 13.7. The Bertz CT molecular complexity index is 453. The van der Waals surface area contributed by atoms with Gasteiger partial charge >= 0.3 is 0 Å². The molecule has 3 N–H and O–H groups in total. The molecule has 98 valence electrons. The average molecular weight is 253 g/mol. The van der Waals surface area contributed by atoms with Crippen LogP contribution in [0.4, 0.5) is 15.8 Å². The molecule has 0 radical (unpaired) electrons. The van der Waals surface area contributed by atoms with Crippen LogP contribution in [0.5, 0.6) is 0 Å². The molecule has 1 aromatic carbocycles. The zero-order valence-corrected chi connectivity index (χ0v) is 9.93. The number of nitro groups is 1. The fraction of sp³-hybridized carbons (Fsp3) is 0.500. The first kappa shape index (κ1) is 12.8. The van der Waals surface area contributed by atoms with Gasteiger partial charge in [-0.1, -0.05) is 6.42 Å². The molecule has 6 heteroatoms. The number of halogens is 1. The third kappa shape index (κ3) is 2.59. The van der Waals surface area contributed by atoms with Crippen molar-refractivity contribution >= 4 is 11.4 Å². The number of hydrogen-bond acceptors (Lipinski definition) is 4. The lowest BCUT2D eigenvalue weighted by atomic mass is 10.0. The molecule has 2 unspecified atom stereocenters. The van der Waals surface area contributed by atoms with Crippen molar-refractivity contribution < 1.29 is 9.31 Å². The van der Waals surface area contributed by atoms with Crippen LogP contribution >= 0.6 is 0 Å². The Balaban J connectivity index is 2.12. The second-order valence-electron chi connectivity index (χ2n) is 4.60. The summed E-state index contributed by atoms with van der Waals surface area (Å²) >= 11 is 0. The molecule has 5 nitrogen and oxygen atoms in total. The lowest BCUT2D eigenvalue weighted by molar-refractivity contribution is -0.385. The molecule has 0 bridgehead atoms. The number of rotatable bonds is 4. The highest BCUT2D eigenvalue weighted by Crippen LogP contribution is 2.29. The number of nitrogens with zero attached hydrogens (tertiary/aromatic N) is 1. The smallest absolute Gasteiger partial charge is 0.272 e. The number of nitrogens with one attached hydrogen (secondary N) is 1. The minimum Gasteiger partial charge on any atom is -0.380 e. The monoisotopic (exact) mass is 253 g/mol. The van der Waals surface area contributed by atoms with E-state index in [0.29, 0.717) is 18.2 Å². The van der Waals surface area contributed by atoms with Crippen molar-refractivity contribution in [3.05, 3.63) is 34.1 Å². The van der Waals surface area contributed by atoms with Gasteiger partial charge < -0.3 is 11.1 Å². The standard InChI is InChI=1S/C12H16FN3O2/c13-10-6-9(16(17)18)4-5-12(10)15-11-3-1-2-8(11)7-14/h4-6,8,11,15H,1-3,7,14H2. The molecule has 1 saturated carbocycles. The van der Waals surface area contributed by atoms with E-state index in [-0.39, 0.29) is 11.7 Å². The first-order valence-electron chi connectivity index (χ1n) is 6.02. The third-order valence-electron chi connectivity index (χ3n) is 3.47. The van der Waals surface area contributed by atoms with E-state index in [1.807, 2.05) is 0 Å². The largest absolute Gasteiger partial charge is 0.380 e. The molecule has 0 aliphatic heterocycles. The molecule has 0 spiro atoms. The summed E-state index contributed by atoms with van der Waals surface area (Å²) in [5, 5.41) is 13.6. The van der Waals surface area contributed by atoms with Crippen molar-refractivity contribution in [1.82, 2.24) is 0 Å². The van der Waals surface area contributed by atoms with Crippen LogP contribution in [0, 0.1) is 21.8 Å². The molecule has 1 aliphatic rings. The highest BCUT2D eigenvalue weighted by Gasteiger charge is 2.26. The van der Waals surface area contributed by atoms with Gasteiger partial charge in [-0.3, -0.25) is 10.1 Å². The zero-order valence-electron chi connectivity index (χ0n) is 9.93. The van der Waals surface area contributed by atoms with Crippen LogP contribution in [0.15, 0.2) is 18.2 Å².